The summed E-state index contributed by atoms with van der Waals surface area (Å²) in [6, 6.07) is 2.37. The Morgan fingerprint density at radius 2 is 2.00 bits per heavy atom. The van der Waals surface area contributed by atoms with E-state index < -0.39 is 0 Å². The summed E-state index contributed by atoms with van der Waals surface area (Å²) in [6.07, 6.45) is 5.22. The molecule has 3 aromatic rings. The van der Waals surface area contributed by atoms with E-state index in [1.165, 1.54) is 0 Å². The molecule has 0 aliphatic rings. The van der Waals surface area contributed by atoms with Crippen LogP contribution in [0.4, 0.5) is 5.82 Å². The van der Waals surface area contributed by atoms with Gasteiger partial charge in [-0.15, -0.1) is 0 Å². The number of aromatic nitrogens is 5. The SMILES string of the molecule is COc1ncc(CNc2cc(C(C)C)nc3c(Br)cnn23)cn1. The molecule has 1 N–H and O–H groups in total. The molecular formula is C15H17BrN6O. The fourth-order valence-corrected chi connectivity index (χ4v) is 2.46. The maximum absolute atomic E-state index is 4.96. The van der Waals surface area contributed by atoms with Crippen molar-refractivity contribution in [1.82, 2.24) is 24.6 Å². The van der Waals surface area contributed by atoms with Crippen molar-refractivity contribution < 1.29 is 4.74 Å². The first-order chi connectivity index (χ1) is 11.1. The minimum Gasteiger partial charge on any atom is -0.467 e. The number of fused-ring (bicyclic) bond motifs is 1. The molecule has 0 aromatic carbocycles. The van der Waals surface area contributed by atoms with E-state index in [0.717, 1.165) is 27.2 Å². The lowest BCUT2D eigenvalue weighted by molar-refractivity contribution is 0.379. The molecule has 0 fully saturated rings. The highest BCUT2D eigenvalue weighted by molar-refractivity contribution is 9.10. The van der Waals surface area contributed by atoms with Gasteiger partial charge in [-0.3, -0.25) is 0 Å². The van der Waals surface area contributed by atoms with Gasteiger partial charge >= 0.3 is 6.01 Å². The smallest absolute Gasteiger partial charge is 0.316 e. The van der Waals surface area contributed by atoms with Gasteiger partial charge in [-0.05, 0) is 21.8 Å². The van der Waals surface area contributed by atoms with E-state index in [0.29, 0.717) is 18.5 Å². The van der Waals surface area contributed by atoms with Crippen molar-refractivity contribution in [2.45, 2.75) is 26.3 Å². The third-order valence-electron chi connectivity index (χ3n) is 3.38. The molecular weight excluding hydrogens is 360 g/mol. The van der Waals surface area contributed by atoms with Gasteiger partial charge in [-0.25, -0.2) is 15.0 Å². The minimum absolute atomic E-state index is 0.326. The van der Waals surface area contributed by atoms with Crippen LogP contribution in [-0.4, -0.2) is 31.7 Å². The average molecular weight is 377 g/mol. The van der Waals surface area contributed by atoms with Gasteiger partial charge in [0, 0.05) is 36.3 Å². The highest BCUT2D eigenvalue weighted by Gasteiger charge is 2.12. The molecule has 0 unspecified atom stereocenters. The first-order valence-electron chi connectivity index (χ1n) is 7.21. The highest BCUT2D eigenvalue weighted by Crippen LogP contribution is 2.23. The highest BCUT2D eigenvalue weighted by atomic mass is 79.9. The molecule has 120 valence electrons. The van der Waals surface area contributed by atoms with Crippen molar-refractivity contribution in [3.05, 3.63) is 40.4 Å². The zero-order valence-corrected chi connectivity index (χ0v) is 14.7. The number of hydrogen-bond acceptors (Lipinski definition) is 6. The summed E-state index contributed by atoms with van der Waals surface area (Å²) < 4.78 is 7.61. The van der Waals surface area contributed by atoms with Crippen molar-refractivity contribution in [2.24, 2.45) is 0 Å². The van der Waals surface area contributed by atoms with Crippen molar-refractivity contribution in [3.63, 3.8) is 0 Å². The van der Waals surface area contributed by atoms with Gasteiger partial charge in [0.05, 0.1) is 17.8 Å². The molecule has 0 aliphatic heterocycles. The summed E-state index contributed by atoms with van der Waals surface area (Å²) in [7, 11) is 1.55. The third kappa shape index (κ3) is 3.26. The van der Waals surface area contributed by atoms with Crippen LogP contribution < -0.4 is 10.1 Å². The largest absolute Gasteiger partial charge is 0.467 e. The first kappa shape index (κ1) is 15.7. The summed E-state index contributed by atoms with van der Waals surface area (Å²) >= 11 is 3.49. The molecule has 0 saturated heterocycles. The maximum Gasteiger partial charge on any atom is 0.316 e. The molecule has 7 nitrogen and oxygen atoms in total. The van der Waals surface area contributed by atoms with Crippen molar-refractivity contribution >= 4 is 27.4 Å². The molecule has 3 aromatic heterocycles. The fourth-order valence-electron chi connectivity index (χ4n) is 2.11. The van der Waals surface area contributed by atoms with Gasteiger partial charge in [0.2, 0.25) is 0 Å². The molecule has 0 saturated carbocycles. The van der Waals surface area contributed by atoms with E-state index in [1.54, 1.807) is 30.2 Å². The second-order valence-corrected chi connectivity index (χ2v) is 6.23. The van der Waals surface area contributed by atoms with Crippen LogP contribution in [0.3, 0.4) is 0 Å². The third-order valence-corrected chi connectivity index (χ3v) is 3.94. The monoisotopic (exact) mass is 376 g/mol. The number of nitrogens with zero attached hydrogens (tertiary/aromatic N) is 5. The summed E-state index contributed by atoms with van der Waals surface area (Å²) in [5, 5.41) is 7.72. The van der Waals surface area contributed by atoms with E-state index in [4.69, 9.17) is 4.74 Å². The Hall–Kier alpha value is -2.22. The van der Waals surface area contributed by atoms with Gasteiger partial charge in [0.25, 0.3) is 0 Å². The van der Waals surface area contributed by atoms with Crippen LogP contribution in [-0.2, 0) is 6.54 Å². The van der Waals surface area contributed by atoms with Crippen molar-refractivity contribution in [2.75, 3.05) is 12.4 Å². The van der Waals surface area contributed by atoms with Gasteiger partial charge in [0.1, 0.15) is 5.82 Å². The molecule has 0 atom stereocenters. The van der Waals surface area contributed by atoms with E-state index in [2.05, 4.69) is 55.1 Å². The Morgan fingerprint density at radius 3 is 2.65 bits per heavy atom. The lowest BCUT2D eigenvalue weighted by atomic mass is 10.1. The number of nitrogens with one attached hydrogen (secondary N) is 1. The predicted molar refractivity (Wildman–Crippen MR) is 90.7 cm³/mol. The lowest BCUT2D eigenvalue weighted by Crippen LogP contribution is -2.08. The van der Waals surface area contributed by atoms with E-state index in [-0.39, 0.29) is 0 Å². The molecule has 0 bridgehead atoms. The normalized spacial score (nSPS) is 11.2. The number of hydrogen-bond donors (Lipinski definition) is 1. The van der Waals surface area contributed by atoms with Crippen molar-refractivity contribution in [3.8, 4) is 6.01 Å². The second-order valence-electron chi connectivity index (χ2n) is 5.38. The molecule has 3 rings (SSSR count). The molecule has 0 aliphatic carbocycles. The lowest BCUT2D eigenvalue weighted by Gasteiger charge is -2.12. The van der Waals surface area contributed by atoms with Gasteiger partial charge in [-0.1, -0.05) is 13.8 Å². The molecule has 8 heteroatoms. The Kier molecular flexibility index (Phi) is 4.42. The maximum atomic E-state index is 4.96. The average Bonchev–Trinajstić information content (AvgIpc) is 2.94. The van der Waals surface area contributed by atoms with Crippen LogP contribution in [0, 0.1) is 0 Å². The summed E-state index contributed by atoms with van der Waals surface area (Å²) in [6.45, 7) is 4.81. The Balaban J connectivity index is 1.88. The molecule has 0 amide bonds. The summed E-state index contributed by atoms with van der Waals surface area (Å²) in [5.41, 5.74) is 2.75. The van der Waals surface area contributed by atoms with E-state index in [1.807, 2.05) is 6.07 Å². The van der Waals surface area contributed by atoms with Crippen LogP contribution in [0.15, 0.2) is 29.1 Å². The van der Waals surface area contributed by atoms with Gasteiger partial charge < -0.3 is 10.1 Å². The number of anilines is 1. The minimum atomic E-state index is 0.326. The summed E-state index contributed by atoms with van der Waals surface area (Å²) in [5.74, 6) is 1.20. The number of methoxy groups -OCH3 is 1. The first-order valence-corrected chi connectivity index (χ1v) is 8.00. The second kappa shape index (κ2) is 6.49. The van der Waals surface area contributed by atoms with Crippen molar-refractivity contribution in [1.29, 1.82) is 0 Å². The van der Waals surface area contributed by atoms with Crippen LogP contribution in [0.25, 0.3) is 5.65 Å². The van der Waals surface area contributed by atoms with Gasteiger partial charge in [-0.2, -0.15) is 9.61 Å². The van der Waals surface area contributed by atoms with E-state index >= 15 is 0 Å². The quantitative estimate of drug-likeness (QED) is 0.737. The number of halogens is 1. The van der Waals surface area contributed by atoms with Crippen LogP contribution in [0.5, 0.6) is 6.01 Å². The van der Waals surface area contributed by atoms with Gasteiger partial charge in [0.15, 0.2) is 5.65 Å². The predicted octanol–water partition coefficient (Wildman–Crippen LogP) is 3.03. The zero-order valence-electron chi connectivity index (χ0n) is 13.1. The zero-order chi connectivity index (χ0) is 16.4. The van der Waals surface area contributed by atoms with Crippen LogP contribution in [0.1, 0.15) is 31.0 Å². The fraction of sp³-hybridized carbons (Fsp3) is 0.333. The molecule has 0 radical (unpaired) electrons. The standard InChI is InChI=1S/C15H17BrN6O/c1-9(2)12-4-13(22-14(21-12)11(16)8-20-22)17-5-10-6-18-15(23-3)19-7-10/h4,6-9,17H,5H2,1-3H3. The Bertz CT molecular complexity index is 815. The summed E-state index contributed by atoms with van der Waals surface area (Å²) in [4.78, 5) is 12.9. The van der Waals surface area contributed by atoms with E-state index in [9.17, 15) is 0 Å². The molecule has 0 spiro atoms. The number of ether oxygens (including phenoxy) is 1. The number of rotatable bonds is 5. The molecule has 3 heterocycles. The Labute approximate surface area is 142 Å². The van der Waals surface area contributed by atoms with Crippen LogP contribution in [0.2, 0.25) is 0 Å². The topological polar surface area (TPSA) is 77.2 Å². The Morgan fingerprint density at radius 1 is 1.26 bits per heavy atom. The molecule has 23 heavy (non-hydrogen) atoms. The van der Waals surface area contributed by atoms with Crippen LogP contribution >= 0.6 is 15.9 Å².